The van der Waals surface area contributed by atoms with E-state index in [1.165, 1.54) is 24.3 Å². The highest BCUT2D eigenvalue weighted by atomic mass is 35.7. The molecule has 0 heterocycles. The fourth-order valence-electron chi connectivity index (χ4n) is 2.18. The van der Waals surface area contributed by atoms with E-state index < -0.39 is 24.9 Å². The molecule has 0 bridgehead atoms. The molecule has 2 aromatic carbocycles. The van der Waals surface area contributed by atoms with Crippen LogP contribution in [0.5, 0.6) is 0 Å². The summed E-state index contributed by atoms with van der Waals surface area (Å²) in [5.74, 6) is -1.21. The molecule has 0 aliphatic heterocycles. The summed E-state index contributed by atoms with van der Waals surface area (Å²) >= 11 is 0. The molecule has 0 saturated carbocycles. The van der Waals surface area contributed by atoms with Crippen LogP contribution in [0.4, 0.5) is 0 Å². The minimum absolute atomic E-state index is 0.0254. The lowest BCUT2D eigenvalue weighted by molar-refractivity contribution is 0.0529. The molecular formula is C17H17ClO6S2. The Kier molecular flexibility index (Phi) is 6.10. The van der Waals surface area contributed by atoms with Gasteiger partial charge in [0, 0.05) is 10.7 Å². The van der Waals surface area contributed by atoms with Gasteiger partial charge in [-0.1, -0.05) is 23.8 Å². The van der Waals surface area contributed by atoms with Crippen molar-refractivity contribution in [3.63, 3.8) is 0 Å². The van der Waals surface area contributed by atoms with Crippen LogP contribution in [-0.4, -0.2) is 35.2 Å². The van der Waals surface area contributed by atoms with Crippen LogP contribution in [0.2, 0.25) is 0 Å². The van der Waals surface area contributed by atoms with Crippen molar-refractivity contribution in [2.45, 2.75) is 23.6 Å². The van der Waals surface area contributed by atoms with Crippen molar-refractivity contribution < 1.29 is 26.4 Å². The quantitative estimate of drug-likeness (QED) is 0.530. The molecule has 6 nitrogen and oxygen atoms in total. The molecule has 9 heteroatoms. The molecule has 0 aromatic heterocycles. The van der Waals surface area contributed by atoms with E-state index in [9.17, 15) is 21.6 Å². The van der Waals surface area contributed by atoms with E-state index in [0.717, 1.165) is 11.6 Å². The number of esters is 1. The normalized spacial score (nSPS) is 12.0. The lowest BCUT2D eigenvalue weighted by Gasteiger charge is -2.08. The topological polar surface area (TPSA) is 94.6 Å². The zero-order valence-electron chi connectivity index (χ0n) is 14.1. The zero-order valence-corrected chi connectivity index (χ0v) is 16.5. The van der Waals surface area contributed by atoms with Crippen molar-refractivity contribution in [2.75, 3.05) is 12.4 Å². The van der Waals surface area contributed by atoms with Gasteiger partial charge in [-0.05, 0) is 43.7 Å². The van der Waals surface area contributed by atoms with Crippen LogP contribution in [-0.2, 0) is 23.6 Å². The maximum absolute atomic E-state index is 12.2. The highest BCUT2D eigenvalue weighted by molar-refractivity contribution is 8.13. The molecular weight excluding hydrogens is 400 g/mol. The van der Waals surface area contributed by atoms with E-state index in [1.807, 2.05) is 6.92 Å². The third kappa shape index (κ3) is 5.06. The standard InChI is InChI=1S/C17H17ClO6S2/c1-12-3-7-15(8-4-12)25(20,21)10-9-24-17(19)14-6-5-13(2)16(11-14)26(18,22)23/h3-8,11H,9-10H2,1-2H3. The van der Waals surface area contributed by atoms with Crippen molar-refractivity contribution in [1.82, 2.24) is 0 Å². The summed E-state index contributed by atoms with van der Waals surface area (Å²) in [6.07, 6.45) is 0. The smallest absolute Gasteiger partial charge is 0.338 e. The highest BCUT2D eigenvalue weighted by Crippen LogP contribution is 2.21. The van der Waals surface area contributed by atoms with Crippen molar-refractivity contribution in [3.8, 4) is 0 Å². The molecule has 26 heavy (non-hydrogen) atoms. The molecule has 0 N–H and O–H groups in total. The van der Waals surface area contributed by atoms with E-state index in [4.69, 9.17) is 15.4 Å². The fourth-order valence-corrected chi connectivity index (χ4v) is 4.49. The molecule has 0 aliphatic carbocycles. The third-order valence-electron chi connectivity index (χ3n) is 3.65. The lowest BCUT2D eigenvalue weighted by atomic mass is 10.1. The maximum atomic E-state index is 12.2. The second-order valence-corrected chi connectivity index (χ2v) is 10.3. The van der Waals surface area contributed by atoms with Crippen molar-refractivity contribution in [2.24, 2.45) is 0 Å². The SMILES string of the molecule is Cc1ccc(S(=O)(=O)CCOC(=O)c2ccc(C)c(S(=O)(=O)Cl)c2)cc1. The van der Waals surface area contributed by atoms with Gasteiger partial charge >= 0.3 is 5.97 Å². The molecule has 0 aliphatic rings. The van der Waals surface area contributed by atoms with Gasteiger partial charge in [0.2, 0.25) is 0 Å². The summed E-state index contributed by atoms with van der Waals surface area (Å²) in [6, 6.07) is 10.3. The lowest BCUT2D eigenvalue weighted by Crippen LogP contribution is -2.16. The Balaban J connectivity index is 2.06. The van der Waals surface area contributed by atoms with E-state index in [0.29, 0.717) is 5.56 Å². The summed E-state index contributed by atoms with van der Waals surface area (Å²) < 4.78 is 52.3. The number of ether oxygens (including phenoxy) is 1. The van der Waals surface area contributed by atoms with E-state index >= 15 is 0 Å². The Bertz CT molecular complexity index is 1030. The summed E-state index contributed by atoms with van der Waals surface area (Å²) in [5, 5.41) is 0. The monoisotopic (exact) mass is 416 g/mol. The predicted octanol–water partition coefficient (Wildman–Crippen LogP) is 2.86. The van der Waals surface area contributed by atoms with Gasteiger partial charge in [0.05, 0.1) is 21.1 Å². The zero-order chi connectivity index (χ0) is 19.5. The molecule has 2 aromatic rings. The van der Waals surface area contributed by atoms with E-state index in [1.54, 1.807) is 19.1 Å². The predicted molar refractivity (Wildman–Crippen MR) is 97.7 cm³/mol. The molecule has 0 atom stereocenters. The minimum Gasteiger partial charge on any atom is -0.461 e. The van der Waals surface area contributed by atoms with Crippen molar-refractivity contribution in [3.05, 3.63) is 59.2 Å². The van der Waals surface area contributed by atoms with Gasteiger partial charge in [-0.15, -0.1) is 0 Å². The molecule has 2 rings (SSSR count). The van der Waals surface area contributed by atoms with Crippen LogP contribution in [0.25, 0.3) is 0 Å². The maximum Gasteiger partial charge on any atom is 0.338 e. The Morgan fingerprint density at radius 1 is 1.00 bits per heavy atom. The second-order valence-electron chi connectivity index (χ2n) is 5.69. The van der Waals surface area contributed by atoms with Gasteiger partial charge in [0.25, 0.3) is 9.05 Å². The first-order valence-corrected chi connectivity index (χ1v) is 11.5. The van der Waals surface area contributed by atoms with Crippen molar-refractivity contribution in [1.29, 1.82) is 0 Å². The number of sulfone groups is 1. The Morgan fingerprint density at radius 2 is 1.62 bits per heavy atom. The van der Waals surface area contributed by atoms with Gasteiger partial charge in [-0.3, -0.25) is 0 Å². The van der Waals surface area contributed by atoms with Gasteiger partial charge in [-0.25, -0.2) is 21.6 Å². The van der Waals surface area contributed by atoms with Crippen LogP contribution in [0, 0.1) is 13.8 Å². The Hall–Kier alpha value is -1.90. The first-order chi connectivity index (χ1) is 12.0. The van der Waals surface area contributed by atoms with Crippen LogP contribution < -0.4 is 0 Å². The third-order valence-corrected chi connectivity index (χ3v) is 6.81. The van der Waals surface area contributed by atoms with E-state index in [-0.39, 0.29) is 27.7 Å². The molecule has 0 unspecified atom stereocenters. The summed E-state index contributed by atoms with van der Waals surface area (Å²) in [4.78, 5) is 12.0. The van der Waals surface area contributed by atoms with Gasteiger partial charge in [0.15, 0.2) is 9.84 Å². The number of hydrogen-bond donors (Lipinski definition) is 0. The summed E-state index contributed by atoms with van der Waals surface area (Å²) in [7, 11) is -2.27. The number of benzene rings is 2. The van der Waals surface area contributed by atoms with Crippen LogP contribution in [0.15, 0.2) is 52.3 Å². The number of hydrogen-bond acceptors (Lipinski definition) is 6. The Labute approximate surface area is 157 Å². The van der Waals surface area contributed by atoms with E-state index in [2.05, 4.69) is 0 Å². The largest absolute Gasteiger partial charge is 0.461 e. The van der Waals surface area contributed by atoms with Gasteiger partial charge in [-0.2, -0.15) is 0 Å². The molecule has 0 amide bonds. The number of aryl methyl sites for hydroxylation is 2. The molecule has 0 radical (unpaired) electrons. The highest BCUT2D eigenvalue weighted by Gasteiger charge is 2.19. The van der Waals surface area contributed by atoms with Crippen LogP contribution in [0.3, 0.4) is 0 Å². The summed E-state index contributed by atoms with van der Waals surface area (Å²) in [6.45, 7) is 3.03. The first kappa shape index (κ1) is 20.4. The second kappa shape index (κ2) is 7.77. The van der Waals surface area contributed by atoms with Crippen LogP contribution in [0.1, 0.15) is 21.5 Å². The van der Waals surface area contributed by atoms with Gasteiger partial charge in [0.1, 0.15) is 6.61 Å². The Morgan fingerprint density at radius 3 is 2.19 bits per heavy atom. The fraction of sp³-hybridized carbons (Fsp3) is 0.235. The average molecular weight is 417 g/mol. The van der Waals surface area contributed by atoms with Crippen molar-refractivity contribution >= 4 is 35.5 Å². The average Bonchev–Trinajstić information content (AvgIpc) is 2.54. The molecule has 0 spiro atoms. The number of carbonyl (C=O) groups is 1. The number of rotatable bonds is 6. The van der Waals surface area contributed by atoms with Gasteiger partial charge < -0.3 is 4.74 Å². The first-order valence-electron chi connectivity index (χ1n) is 7.52. The molecule has 140 valence electrons. The van der Waals surface area contributed by atoms with Crippen LogP contribution >= 0.6 is 10.7 Å². The number of carbonyl (C=O) groups excluding carboxylic acids is 1. The summed E-state index contributed by atoms with van der Waals surface area (Å²) in [5.41, 5.74) is 1.29. The number of halogens is 1. The minimum atomic E-state index is -4.00. The molecule has 0 fully saturated rings. The molecule has 0 saturated heterocycles.